The van der Waals surface area contributed by atoms with Crippen LogP contribution in [0, 0.1) is 0 Å². The fourth-order valence-electron chi connectivity index (χ4n) is 2.20. The Balaban J connectivity index is 2.29. The highest BCUT2D eigenvalue weighted by Crippen LogP contribution is 2.40. The van der Waals surface area contributed by atoms with E-state index in [2.05, 4.69) is 13.2 Å². The summed E-state index contributed by atoms with van der Waals surface area (Å²) in [5, 5.41) is 20.1. The summed E-state index contributed by atoms with van der Waals surface area (Å²) in [7, 11) is 0. The van der Waals surface area contributed by atoms with E-state index in [1.54, 1.807) is 0 Å². The van der Waals surface area contributed by atoms with Gasteiger partial charge in [-0.2, -0.15) is 0 Å². The first-order chi connectivity index (χ1) is 13.3. The van der Waals surface area contributed by atoms with Gasteiger partial charge in [-0.1, -0.05) is 13.2 Å². The second-order valence-electron chi connectivity index (χ2n) is 5.75. The molecule has 0 aromatic heterocycles. The molecular formula is C21H20O7. The van der Waals surface area contributed by atoms with Crippen LogP contribution in [0.1, 0.15) is 6.92 Å². The molecule has 0 aliphatic carbocycles. The maximum absolute atomic E-state index is 11.7. The third-order valence-corrected chi connectivity index (χ3v) is 3.53. The Labute approximate surface area is 162 Å². The van der Waals surface area contributed by atoms with Crippen molar-refractivity contribution in [1.29, 1.82) is 0 Å². The molecule has 0 atom stereocenters. The number of ether oxygens (including phenoxy) is 3. The highest BCUT2D eigenvalue weighted by atomic mass is 16.6. The Kier molecular flexibility index (Phi) is 6.81. The standard InChI is InChI=1S/C21H20O7/c1-4-20(24)27-10-9-26-19-8-5-14(22)11-17(19)16-12-15(6-7-18(16)23)28-21(25)13(2)3/h4-8,11-12,22-23H,1-2,9-10H2,3H3. The van der Waals surface area contributed by atoms with Gasteiger partial charge in [0.1, 0.15) is 36.2 Å². The Hall–Kier alpha value is -3.74. The van der Waals surface area contributed by atoms with Crippen molar-refractivity contribution in [3.05, 3.63) is 61.2 Å². The molecule has 0 heterocycles. The van der Waals surface area contributed by atoms with Crippen LogP contribution >= 0.6 is 0 Å². The first-order valence-electron chi connectivity index (χ1n) is 8.28. The molecular weight excluding hydrogens is 364 g/mol. The second-order valence-corrected chi connectivity index (χ2v) is 5.75. The maximum Gasteiger partial charge on any atom is 0.338 e. The van der Waals surface area contributed by atoms with Crippen LogP contribution in [0.4, 0.5) is 0 Å². The van der Waals surface area contributed by atoms with E-state index in [0.29, 0.717) is 11.3 Å². The van der Waals surface area contributed by atoms with Crippen molar-refractivity contribution in [3.63, 3.8) is 0 Å². The average Bonchev–Trinajstić information content (AvgIpc) is 2.67. The number of carbonyl (C=O) groups is 2. The molecule has 7 heteroatoms. The van der Waals surface area contributed by atoms with Crippen LogP contribution < -0.4 is 9.47 Å². The quantitative estimate of drug-likeness (QED) is 0.311. The molecule has 0 aliphatic rings. The third kappa shape index (κ3) is 5.38. The van der Waals surface area contributed by atoms with E-state index in [9.17, 15) is 19.8 Å². The van der Waals surface area contributed by atoms with Crippen molar-refractivity contribution in [1.82, 2.24) is 0 Å². The number of esters is 2. The minimum Gasteiger partial charge on any atom is -0.508 e. The summed E-state index contributed by atoms with van der Waals surface area (Å²) in [5.74, 6) is -0.818. The number of benzene rings is 2. The first kappa shape index (κ1) is 20.6. The van der Waals surface area contributed by atoms with Crippen LogP contribution in [0.3, 0.4) is 0 Å². The van der Waals surface area contributed by atoms with Crippen molar-refractivity contribution >= 4 is 11.9 Å². The van der Waals surface area contributed by atoms with Gasteiger partial charge in [0.2, 0.25) is 0 Å². The van der Waals surface area contributed by atoms with E-state index < -0.39 is 11.9 Å². The van der Waals surface area contributed by atoms with Crippen LogP contribution in [-0.4, -0.2) is 35.4 Å². The Morgan fingerprint density at radius 2 is 1.82 bits per heavy atom. The molecule has 0 bridgehead atoms. The lowest BCUT2D eigenvalue weighted by Crippen LogP contribution is -2.10. The molecule has 28 heavy (non-hydrogen) atoms. The molecule has 2 N–H and O–H groups in total. The SMILES string of the molecule is C=CC(=O)OCCOc1ccc(O)cc1-c1cc(OC(=O)C(=C)C)ccc1O. The summed E-state index contributed by atoms with van der Waals surface area (Å²) in [6, 6.07) is 8.54. The molecule has 0 amide bonds. The fourth-order valence-corrected chi connectivity index (χ4v) is 2.20. The van der Waals surface area contributed by atoms with Gasteiger partial charge in [0, 0.05) is 22.8 Å². The number of rotatable bonds is 8. The lowest BCUT2D eigenvalue weighted by Gasteiger charge is -2.14. The predicted molar refractivity (Wildman–Crippen MR) is 102 cm³/mol. The van der Waals surface area contributed by atoms with Gasteiger partial charge >= 0.3 is 11.9 Å². The molecule has 2 aromatic carbocycles. The maximum atomic E-state index is 11.7. The first-order valence-corrected chi connectivity index (χ1v) is 8.28. The van der Waals surface area contributed by atoms with Gasteiger partial charge in [0.15, 0.2) is 0 Å². The lowest BCUT2D eigenvalue weighted by atomic mass is 10.0. The zero-order chi connectivity index (χ0) is 20.7. The van der Waals surface area contributed by atoms with Gasteiger partial charge in [0.05, 0.1) is 0 Å². The summed E-state index contributed by atoms with van der Waals surface area (Å²) >= 11 is 0. The smallest absolute Gasteiger partial charge is 0.338 e. The lowest BCUT2D eigenvalue weighted by molar-refractivity contribution is -0.138. The largest absolute Gasteiger partial charge is 0.508 e. The van der Waals surface area contributed by atoms with Gasteiger partial charge in [-0.25, -0.2) is 9.59 Å². The van der Waals surface area contributed by atoms with Gasteiger partial charge in [0.25, 0.3) is 0 Å². The van der Waals surface area contributed by atoms with Crippen LogP contribution in [0.15, 0.2) is 61.2 Å². The van der Waals surface area contributed by atoms with Crippen LogP contribution in [0.2, 0.25) is 0 Å². The fraction of sp³-hybridized carbons (Fsp3) is 0.143. The number of hydrogen-bond acceptors (Lipinski definition) is 7. The van der Waals surface area contributed by atoms with Gasteiger partial charge < -0.3 is 24.4 Å². The predicted octanol–water partition coefficient (Wildman–Crippen LogP) is 3.35. The highest BCUT2D eigenvalue weighted by molar-refractivity contribution is 5.89. The zero-order valence-corrected chi connectivity index (χ0v) is 15.3. The number of hydrogen-bond donors (Lipinski definition) is 2. The third-order valence-electron chi connectivity index (χ3n) is 3.53. The normalized spacial score (nSPS) is 10.0. The average molecular weight is 384 g/mol. The summed E-state index contributed by atoms with van der Waals surface area (Å²) in [5.41, 5.74) is 0.867. The van der Waals surface area contributed by atoms with Crippen LogP contribution in [0.5, 0.6) is 23.0 Å². The Morgan fingerprint density at radius 3 is 2.50 bits per heavy atom. The van der Waals surface area contributed by atoms with Crippen molar-refractivity contribution in [3.8, 4) is 34.1 Å². The van der Waals surface area contributed by atoms with E-state index in [4.69, 9.17) is 14.2 Å². The Bertz CT molecular complexity index is 915. The molecule has 7 nitrogen and oxygen atoms in total. The summed E-state index contributed by atoms with van der Waals surface area (Å²) in [6.45, 7) is 8.37. The summed E-state index contributed by atoms with van der Waals surface area (Å²) < 4.78 is 15.6. The molecule has 0 spiro atoms. The zero-order valence-electron chi connectivity index (χ0n) is 15.3. The molecule has 0 fully saturated rings. The molecule has 0 saturated heterocycles. The number of aromatic hydroxyl groups is 2. The van der Waals surface area contributed by atoms with E-state index >= 15 is 0 Å². The minimum atomic E-state index is -0.604. The van der Waals surface area contributed by atoms with E-state index in [-0.39, 0.29) is 41.6 Å². The van der Waals surface area contributed by atoms with E-state index in [0.717, 1.165) is 6.08 Å². The molecule has 0 saturated carbocycles. The monoisotopic (exact) mass is 384 g/mol. The number of phenolic OH excluding ortho intramolecular Hbond substituents is 2. The van der Waals surface area contributed by atoms with Gasteiger partial charge in [-0.05, 0) is 43.3 Å². The molecule has 0 radical (unpaired) electrons. The molecule has 146 valence electrons. The van der Waals surface area contributed by atoms with Crippen molar-refractivity contribution in [2.45, 2.75) is 6.92 Å². The van der Waals surface area contributed by atoms with E-state index in [1.165, 1.54) is 43.3 Å². The second kappa shape index (κ2) is 9.27. The number of carbonyl (C=O) groups excluding carboxylic acids is 2. The minimum absolute atomic E-state index is 0.00653. The van der Waals surface area contributed by atoms with Crippen molar-refractivity contribution in [2.24, 2.45) is 0 Å². The molecule has 2 aromatic rings. The Morgan fingerprint density at radius 1 is 1.07 bits per heavy atom. The van der Waals surface area contributed by atoms with Crippen LogP contribution in [-0.2, 0) is 14.3 Å². The topological polar surface area (TPSA) is 102 Å². The summed E-state index contributed by atoms with van der Waals surface area (Å²) in [4.78, 5) is 22.8. The highest BCUT2D eigenvalue weighted by Gasteiger charge is 2.15. The molecule has 2 rings (SSSR count). The van der Waals surface area contributed by atoms with Gasteiger partial charge in [-0.3, -0.25) is 0 Å². The van der Waals surface area contributed by atoms with E-state index in [1.807, 2.05) is 0 Å². The summed E-state index contributed by atoms with van der Waals surface area (Å²) in [6.07, 6.45) is 1.04. The van der Waals surface area contributed by atoms with Gasteiger partial charge in [-0.15, -0.1) is 0 Å². The van der Waals surface area contributed by atoms with Crippen molar-refractivity contribution < 1.29 is 34.0 Å². The van der Waals surface area contributed by atoms with Crippen LogP contribution in [0.25, 0.3) is 11.1 Å². The van der Waals surface area contributed by atoms with Crippen molar-refractivity contribution in [2.75, 3.05) is 13.2 Å². The molecule has 0 unspecified atom stereocenters. The number of phenols is 2. The molecule has 0 aliphatic heterocycles.